The molecule has 1 heterocycles. The van der Waals surface area contributed by atoms with Gasteiger partial charge < -0.3 is 14.8 Å². The Bertz CT molecular complexity index is 379. The maximum atomic E-state index is 5.72. The predicted octanol–water partition coefficient (Wildman–Crippen LogP) is 2.78. The third kappa shape index (κ3) is 3.39. The molecule has 1 aliphatic rings. The summed E-state index contributed by atoms with van der Waals surface area (Å²) in [5.74, 6) is 1.78. The van der Waals surface area contributed by atoms with Gasteiger partial charge in [-0.15, -0.1) is 0 Å². The minimum Gasteiger partial charge on any atom is -0.490 e. The lowest BCUT2D eigenvalue weighted by molar-refractivity contribution is 0.297. The molecule has 1 aromatic carbocycles. The van der Waals surface area contributed by atoms with E-state index in [1.54, 1.807) is 0 Å². The van der Waals surface area contributed by atoms with Gasteiger partial charge in [0.15, 0.2) is 11.5 Å². The molecule has 0 radical (unpaired) electrons. The van der Waals surface area contributed by atoms with Crippen LogP contribution in [0.2, 0.25) is 0 Å². The first-order chi connectivity index (χ1) is 8.83. The van der Waals surface area contributed by atoms with E-state index in [2.05, 4.69) is 31.3 Å². The molecule has 0 amide bonds. The molecule has 1 aliphatic heterocycles. The largest absolute Gasteiger partial charge is 0.490 e. The molecule has 1 unspecified atom stereocenters. The van der Waals surface area contributed by atoms with Crippen molar-refractivity contribution in [2.24, 2.45) is 0 Å². The molecule has 1 atom stereocenters. The number of hydrogen-bond donors (Lipinski definition) is 1. The number of hydrogen-bond acceptors (Lipinski definition) is 3. The first-order valence-electron chi connectivity index (χ1n) is 6.95. The van der Waals surface area contributed by atoms with Gasteiger partial charge in [-0.2, -0.15) is 0 Å². The van der Waals surface area contributed by atoms with Gasteiger partial charge in [-0.25, -0.2) is 0 Å². The van der Waals surface area contributed by atoms with Crippen LogP contribution in [0.3, 0.4) is 0 Å². The highest BCUT2D eigenvalue weighted by atomic mass is 16.5. The van der Waals surface area contributed by atoms with E-state index in [0.717, 1.165) is 50.5 Å². The zero-order chi connectivity index (χ0) is 12.8. The Kier molecular flexibility index (Phi) is 4.88. The maximum absolute atomic E-state index is 5.72. The van der Waals surface area contributed by atoms with Crippen LogP contribution < -0.4 is 14.8 Å². The fourth-order valence-corrected chi connectivity index (χ4v) is 2.27. The molecule has 0 spiro atoms. The Balaban J connectivity index is 2.07. The van der Waals surface area contributed by atoms with E-state index in [4.69, 9.17) is 9.47 Å². The van der Waals surface area contributed by atoms with Crippen molar-refractivity contribution in [3.63, 3.8) is 0 Å². The van der Waals surface area contributed by atoms with Gasteiger partial charge in [-0.1, -0.05) is 19.9 Å². The summed E-state index contributed by atoms with van der Waals surface area (Å²) in [4.78, 5) is 0. The summed E-state index contributed by atoms with van der Waals surface area (Å²) in [6.45, 7) is 6.89. The van der Waals surface area contributed by atoms with E-state index in [1.807, 2.05) is 6.07 Å². The zero-order valence-electron chi connectivity index (χ0n) is 11.4. The fraction of sp³-hybridized carbons (Fsp3) is 0.600. The lowest BCUT2D eigenvalue weighted by Crippen LogP contribution is -2.30. The second kappa shape index (κ2) is 6.64. The van der Waals surface area contributed by atoms with Gasteiger partial charge in [0.1, 0.15) is 0 Å². The quantitative estimate of drug-likeness (QED) is 0.870. The van der Waals surface area contributed by atoms with Gasteiger partial charge in [0.05, 0.1) is 13.2 Å². The van der Waals surface area contributed by atoms with Crippen LogP contribution in [0.5, 0.6) is 11.5 Å². The molecule has 0 saturated carbocycles. The predicted molar refractivity (Wildman–Crippen MR) is 73.5 cm³/mol. The number of ether oxygens (including phenoxy) is 2. The average Bonchev–Trinajstić information content (AvgIpc) is 2.63. The van der Waals surface area contributed by atoms with Crippen molar-refractivity contribution in [2.75, 3.05) is 19.8 Å². The second-order valence-corrected chi connectivity index (χ2v) is 4.70. The summed E-state index contributed by atoms with van der Waals surface area (Å²) in [6, 6.07) is 6.85. The van der Waals surface area contributed by atoms with Gasteiger partial charge >= 0.3 is 0 Å². The maximum Gasteiger partial charge on any atom is 0.161 e. The smallest absolute Gasteiger partial charge is 0.161 e. The Morgan fingerprint density at radius 3 is 2.67 bits per heavy atom. The highest BCUT2D eigenvalue weighted by molar-refractivity contribution is 5.43. The van der Waals surface area contributed by atoms with Crippen LogP contribution in [0.25, 0.3) is 0 Å². The van der Waals surface area contributed by atoms with E-state index < -0.39 is 0 Å². The molecule has 0 fully saturated rings. The highest BCUT2D eigenvalue weighted by Gasteiger charge is 2.12. The minimum atomic E-state index is 0.541. The Morgan fingerprint density at radius 1 is 1.17 bits per heavy atom. The van der Waals surface area contributed by atoms with Crippen LogP contribution in [0.15, 0.2) is 18.2 Å². The molecule has 3 nitrogen and oxygen atoms in total. The van der Waals surface area contributed by atoms with E-state index in [1.165, 1.54) is 5.56 Å². The highest BCUT2D eigenvalue weighted by Crippen LogP contribution is 2.30. The van der Waals surface area contributed by atoms with Crippen molar-refractivity contribution in [2.45, 2.75) is 39.2 Å². The fourth-order valence-electron chi connectivity index (χ4n) is 2.27. The number of likely N-dealkylation sites (N-methyl/N-ethyl adjacent to an activating group) is 1. The molecule has 0 aromatic heterocycles. The number of benzene rings is 1. The molecule has 3 heteroatoms. The molecule has 2 rings (SSSR count). The van der Waals surface area contributed by atoms with Crippen molar-refractivity contribution in [1.29, 1.82) is 0 Å². The summed E-state index contributed by atoms with van der Waals surface area (Å²) in [5.41, 5.74) is 1.31. The topological polar surface area (TPSA) is 30.5 Å². The second-order valence-electron chi connectivity index (χ2n) is 4.70. The number of rotatable bonds is 5. The Labute approximate surface area is 109 Å². The average molecular weight is 249 g/mol. The van der Waals surface area contributed by atoms with Crippen LogP contribution in [0.1, 0.15) is 32.3 Å². The summed E-state index contributed by atoms with van der Waals surface area (Å²) < 4.78 is 11.4. The Hall–Kier alpha value is -1.22. The summed E-state index contributed by atoms with van der Waals surface area (Å²) in [5, 5.41) is 3.50. The lowest BCUT2D eigenvalue weighted by atomic mass is 10.0. The molecular weight excluding hydrogens is 226 g/mol. The molecule has 0 aliphatic carbocycles. The standard InChI is InChI=1S/C15H23NO2/c1-3-13(16-4-2)10-12-6-7-14-15(11-12)18-9-5-8-17-14/h6-7,11,13,16H,3-5,8-10H2,1-2H3. The van der Waals surface area contributed by atoms with Crippen LogP contribution in [-0.2, 0) is 6.42 Å². The van der Waals surface area contributed by atoms with E-state index >= 15 is 0 Å². The SMILES string of the molecule is CCNC(CC)Cc1ccc2c(c1)OCCCO2. The van der Waals surface area contributed by atoms with E-state index in [-0.39, 0.29) is 0 Å². The zero-order valence-corrected chi connectivity index (χ0v) is 11.4. The summed E-state index contributed by atoms with van der Waals surface area (Å²) in [6.07, 6.45) is 3.14. The minimum absolute atomic E-state index is 0.541. The molecule has 100 valence electrons. The van der Waals surface area contributed by atoms with Gasteiger partial charge in [-0.05, 0) is 37.1 Å². The first-order valence-corrected chi connectivity index (χ1v) is 6.95. The van der Waals surface area contributed by atoms with Crippen LogP contribution >= 0.6 is 0 Å². The summed E-state index contributed by atoms with van der Waals surface area (Å²) in [7, 11) is 0. The number of fused-ring (bicyclic) bond motifs is 1. The summed E-state index contributed by atoms with van der Waals surface area (Å²) >= 11 is 0. The van der Waals surface area contributed by atoms with Crippen molar-refractivity contribution in [3.05, 3.63) is 23.8 Å². The van der Waals surface area contributed by atoms with Crippen molar-refractivity contribution in [1.82, 2.24) is 5.32 Å². The Morgan fingerprint density at radius 2 is 1.94 bits per heavy atom. The van der Waals surface area contributed by atoms with Crippen molar-refractivity contribution in [3.8, 4) is 11.5 Å². The molecule has 18 heavy (non-hydrogen) atoms. The van der Waals surface area contributed by atoms with Gasteiger partial charge in [0.25, 0.3) is 0 Å². The molecule has 0 saturated heterocycles. The van der Waals surface area contributed by atoms with Gasteiger partial charge in [-0.3, -0.25) is 0 Å². The molecule has 1 N–H and O–H groups in total. The molecule has 1 aromatic rings. The van der Waals surface area contributed by atoms with Crippen molar-refractivity contribution < 1.29 is 9.47 Å². The third-order valence-corrected chi connectivity index (χ3v) is 3.28. The molecular formula is C15H23NO2. The van der Waals surface area contributed by atoms with Crippen LogP contribution in [0, 0.1) is 0 Å². The lowest BCUT2D eigenvalue weighted by Gasteiger charge is -2.16. The third-order valence-electron chi connectivity index (χ3n) is 3.28. The van der Waals surface area contributed by atoms with Crippen LogP contribution in [0.4, 0.5) is 0 Å². The first kappa shape index (κ1) is 13.2. The van der Waals surface area contributed by atoms with Gasteiger partial charge in [0, 0.05) is 12.5 Å². The van der Waals surface area contributed by atoms with Gasteiger partial charge in [0.2, 0.25) is 0 Å². The van der Waals surface area contributed by atoms with Crippen molar-refractivity contribution >= 4 is 0 Å². The molecule has 0 bridgehead atoms. The van der Waals surface area contributed by atoms with E-state index in [9.17, 15) is 0 Å². The monoisotopic (exact) mass is 249 g/mol. The number of nitrogens with one attached hydrogen (secondary N) is 1. The van der Waals surface area contributed by atoms with E-state index in [0.29, 0.717) is 6.04 Å². The van der Waals surface area contributed by atoms with Crippen LogP contribution in [-0.4, -0.2) is 25.8 Å². The normalized spacial score (nSPS) is 16.1.